The van der Waals surface area contributed by atoms with Gasteiger partial charge in [-0.15, -0.1) is 0 Å². The Bertz CT molecular complexity index is 1090. The second kappa shape index (κ2) is 9.68. The summed E-state index contributed by atoms with van der Waals surface area (Å²) in [5.74, 6) is 2.81. The Morgan fingerprint density at radius 3 is 2.37 bits per heavy atom. The topological polar surface area (TPSA) is 36.3 Å². The lowest BCUT2D eigenvalue weighted by atomic mass is 10.1. The second-order valence-electron chi connectivity index (χ2n) is 7.20. The van der Waals surface area contributed by atoms with E-state index in [-0.39, 0.29) is 0 Å². The molecule has 4 aromatic rings. The number of halogens is 1. The smallest absolute Gasteiger partial charge is 0.119 e. The lowest BCUT2D eigenvalue weighted by Crippen LogP contribution is -2.07. The van der Waals surface area contributed by atoms with Crippen LogP contribution in [0.2, 0.25) is 5.02 Å². The molecule has 0 saturated heterocycles. The molecule has 0 bridgehead atoms. The van der Waals surface area contributed by atoms with Crippen molar-refractivity contribution < 1.29 is 9.47 Å². The Morgan fingerprint density at radius 2 is 1.60 bits per heavy atom. The van der Waals surface area contributed by atoms with Crippen molar-refractivity contribution in [1.82, 2.24) is 9.55 Å². The maximum Gasteiger partial charge on any atom is 0.119 e. The van der Waals surface area contributed by atoms with Crippen LogP contribution in [0, 0.1) is 0 Å². The first kappa shape index (κ1) is 20.3. The van der Waals surface area contributed by atoms with Crippen LogP contribution in [0.15, 0.2) is 72.8 Å². The van der Waals surface area contributed by atoms with E-state index in [0.29, 0.717) is 6.61 Å². The molecule has 154 valence electrons. The van der Waals surface area contributed by atoms with E-state index in [4.69, 9.17) is 26.1 Å². The number of imidazole rings is 1. The molecule has 4 nitrogen and oxygen atoms in total. The van der Waals surface area contributed by atoms with Gasteiger partial charge in [-0.2, -0.15) is 0 Å². The summed E-state index contributed by atoms with van der Waals surface area (Å²) in [7, 11) is 1.69. The minimum Gasteiger partial charge on any atom is -0.497 e. The fourth-order valence-electron chi connectivity index (χ4n) is 3.53. The Hall–Kier alpha value is -2.98. The van der Waals surface area contributed by atoms with Crippen LogP contribution in [0.4, 0.5) is 0 Å². The molecule has 5 heteroatoms. The number of hydrogen-bond acceptors (Lipinski definition) is 3. The Labute approximate surface area is 182 Å². The van der Waals surface area contributed by atoms with E-state index in [1.54, 1.807) is 7.11 Å². The van der Waals surface area contributed by atoms with Gasteiger partial charge in [0.1, 0.15) is 17.3 Å². The van der Waals surface area contributed by atoms with Gasteiger partial charge in [-0.25, -0.2) is 4.98 Å². The van der Waals surface area contributed by atoms with Crippen LogP contribution in [0.3, 0.4) is 0 Å². The van der Waals surface area contributed by atoms with Gasteiger partial charge >= 0.3 is 0 Å². The molecule has 1 aromatic heterocycles. The quantitative estimate of drug-likeness (QED) is 0.305. The fraction of sp³-hybridized carbons (Fsp3) is 0.240. The molecule has 0 atom stereocenters. The first-order chi connectivity index (χ1) is 14.7. The molecule has 0 unspecified atom stereocenters. The number of aryl methyl sites for hydroxylation is 1. The van der Waals surface area contributed by atoms with Crippen LogP contribution in [0.25, 0.3) is 11.0 Å². The van der Waals surface area contributed by atoms with Crippen LogP contribution in [0.5, 0.6) is 11.5 Å². The Morgan fingerprint density at radius 1 is 0.867 bits per heavy atom. The highest BCUT2D eigenvalue weighted by molar-refractivity contribution is 6.30. The SMILES string of the molecule is COc1ccc(Cc2nc3ccccc3n2CCCCOc2ccc(Cl)cc2)cc1. The van der Waals surface area contributed by atoms with Crippen molar-refractivity contribution in [3.05, 3.63) is 89.2 Å². The second-order valence-corrected chi connectivity index (χ2v) is 7.64. The first-order valence-corrected chi connectivity index (χ1v) is 10.6. The summed E-state index contributed by atoms with van der Waals surface area (Å²) in [6.07, 6.45) is 2.78. The minimum absolute atomic E-state index is 0.683. The van der Waals surface area contributed by atoms with E-state index in [1.807, 2.05) is 42.5 Å². The molecule has 0 amide bonds. The van der Waals surface area contributed by atoms with Gasteiger partial charge in [0.05, 0.1) is 24.8 Å². The van der Waals surface area contributed by atoms with Crippen molar-refractivity contribution in [3.63, 3.8) is 0 Å². The van der Waals surface area contributed by atoms with Crippen molar-refractivity contribution in [2.24, 2.45) is 0 Å². The highest BCUT2D eigenvalue weighted by Crippen LogP contribution is 2.21. The van der Waals surface area contributed by atoms with Gasteiger partial charge in [0.2, 0.25) is 0 Å². The largest absolute Gasteiger partial charge is 0.497 e. The zero-order valence-corrected chi connectivity index (χ0v) is 17.8. The number of rotatable bonds is 9. The number of ether oxygens (including phenoxy) is 2. The summed E-state index contributed by atoms with van der Waals surface area (Å²) < 4.78 is 13.4. The summed E-state index contributed by atoms with van der Waals surface area (Å²) in [5.41, 5.74) is 3.44. The van der Waals surface area contributed by atoms with E-state index in [1.165, 1.54) is 11.1 Å². The van der Waals surface area contributed by atoms with Crippen LogP contribution in [-0.2, 0) is 13.0 Å². The molecule has 0 saturated carbocycles. The van der Waals surface area contributed by atoms with Gasteiger partial charge < -0.3 is 14.0 Å². The first-order valence-electron chi connectivity index (χ1n) is 10.2. The van der Waals surface area contributed by atoms with Crippen molar-refractivity contribution >= 4 is 22.6 Å². The molecule has 0 aliphatic heterocycles. The third-order valence-electron chi connectivity index (χ3n) is 5.11. The third-order valence-corrected chi connectivity index (χ3v) is 5.37. The number of hydrogen-bond donors (Lipinski definition) is 0. The lowest BCUT2D eigenvalue weighted by Gasteiger charge is -2.11. The molecule has 0 N–H and O–H groups in total. The van der Waals surface area contributed by atoms with Crippen molar-refractivity contribution in [2.75, 3.05) is 13.7 Å². The van der Waals surface area contributed by atoms with Gasteiger partial charge in [0, 0.05) is 18.0 Å². The summed E-state index contributed by atoms with van der Waals surface area (Å²) >= 11 is 5.92. The monoisotopic (exact) mass is 420 g/mol. The maximum atomic E-state index is 5.92. The summed E-state index contributed by atoms with van der Waals surface area (Å²) in [6, 6.07) is 24.0. The number of aromatic nitrogens is 2. The molecular weight excluding hydrogens is 396 g/mol. The standard InChI is InChI=1S/C25H25ClN2O2/c1-29-21-12-8-19(9-13-21)18-25-27-23-6-2-3-7-24(23)28(25)16-4-5-17-30-22-14-10-20(26)11-15-22/h2-3,6-15H,4-5,16-18H2,1H3. The molecule has 0 fully saturated rings. The third kappa shape index (κ3) is 4.95. The number of benzene rings is 3. The lowest BCUT2D eigenvalue weighted by molar-refractivity contribution is 0.303. The average Bonchev–Trinajstić information content (AvgIpc) is 3.12. The minimum atomic E-state index is 0.683. The molecule has 30 heavy (non-hydrogen) atoms. The van der Waals surface area contributed by atoms with Gasteiger partial charge in [0.25, 0.3) is 0 Å². The molecule has 0 aliphatic carbocycles. The Balaban J connectivity index is 1.41. The van der Waals surface area contributed by atoms with E-state index < -0.39 is 0 Å². The molecule has 0 aliphatic rings. The predicted molar refractivity (Wildman–Crippen MR) is 122 cm³/mol. The molecule has 1 heterocycles. The van der Waals surface area contributed by atoms with Crippen LogP contribution in [-0.4, -0.2) is 23.3 Å². The predicted octanol–water partition coefficient (Wildman–Crippen LogP) is 6.15. The molecule has 4 rings (SSSR count). The van der Waals surface area contributed by atoms with E-state index in [0.717, 1.165) is 53.7 Å². The van der Waals surface area contributed by atoms with E-state index in [9.17, 15) is 0 Å². The van der Waals surface area contributed by atoms with Gasteiger partial charge in [-0.05, 0) is 66.9 Å². The molecule has 0 spiro atoms. The number of unbranched alkanes of at least 4 members (excludes halogenated alkanes) is 1. The zero-order chi connectivity index (χ0) is 20.8. The Kier molecular flexibility index (Phi) is 6.55. The van der Waals surface area contributed by atoms with Crippen LogP contribution in [0.1, 0.15) is 24.2 Å². The number of nitrogens with zero attached hydrogens (tertiary/aromatic N) is 2. The zero-order valence-electron chi connectivity index (χ0n) is 17.1. The summed E-state index contributed by atoms with van der Waals surface area (Å²) in [6.45, 7) is 1.60. The van der Waals surface area contributed by atoms with Gasteiger partial charge in [-0.1, -0.05) is 35.9 Å². The molecule has 3 aromatic carbocycles. The van der Waals surface area contributed by atoms with Crippen molar-refractivity contribution in [3.8, 4) is 11.5 Å². The van der Waals surface area contributed by atoms with Gasteiger partial charge in [0.15, 0.2) is 0 Å². The summed E-state index contributed by atoms with van der Waals surface area (Å²) in [4.78, 5) is 4.89. The number of methoxy groups -OCH3 is 1. The van der Waals surface area contributed by atoms with E-state index >= 15 is 0 Å². The highest BCUT2D eigenvalue weighted by atomic mass is 35.5. The van der Waals surface area contributed by atoms with E-state index in [2.05, 4.69) is 34.9 Å². The number of para-hydroxylation sites is 2. The fourth-order valence-corrected chi connectivity index (χ4v) is 3.65. The average molecular weight is 421 g/mol. The van der Waals surface area contributed by atoms with Crippen LogP contribution >= 0.6 is 11.6 Å². The van der Waals surface area contributed by atoms with Crippen molar-refractivity contribution in [2.45, 2.75) is 25.8 Å². The highest BCUT2D eigenvalue weighted by Gasteiger charge is 2.11. The van der Waals surface area contributed by atoms with Crippen LogP contribution < -0.4 is 9.47 Å². The normalized spacial score (nSPS) is 11.0. The summed E-state index contributed by atoms with van der Waals surface area (Å²) in [5, 5.41) is 0.721. The molecule has 0 radical (unpaired) electrons. The number of fused-ring (bicyclic) bond motifs is 1. The maximum absolute atomic E-state index is 5.92. The van der Waals surface area contributed by atoms with Gasteiger partial charge in [-0.3, -0.25) is 0 Å². The molecular formula is C25H25ClN2O2. The van der Waals surface area contributed by atoms with Crippen molar-refractivity contribution in [1.29, 1.82) is 0 Å².